The summed E-state index contributed by atoms with van der Waals surface area (Å²) in [5, 5.41) is 0. The first-order valence-electron chi connectivity index (χ1n) is 6.38. The van der Waals surface area contributed by atoms with Crippen LogP contribution in [0.15, 0.2) is 30.3 Å². The maximum absolute atomic E-state index is 5.80. The third-order valence-electron chi connectivity index (χ3n) is 4.53. The van der Waals surface area contributed by atoms with Crippen molar-refractivity contribution in [1.82, 2.24) is 5.43 Å². The van der Waals surface area contributed by atoms with Crippen molar-refractivity contribution in [3.8, 4) is 0 Å². The van der Waals surface area contributed by atoms with Gasteiger partial charge in [-0.3, -0.25) is 11.3 Å². The lowest BCUT2D eigenvalue weighted by Crippen LogP contribution is -2.51. The number of nitrogens with one attached hydrogen (secondary N) is 1. The van der Waals surface area contributed by atoms with Gasteiger partial charge in [-0.15, -0.1) is 0 Å². The van der Waals surface area contributed by atoms with Crippen LogP contribution >= 0.6 is 0 Å². The Morgan fingerprint density at radius 3 is 2.31 bits per heavy atom. The summed E-state index contributed by atoms with van der Waals surface area (Å²) >= 11 is 0. The Labute approximate surface area is 97.2 Å². The van der Waals surface area contributed by atoms with Gasteiger partial charge in [0.25, 0.3) is 0 Å². The van der Waals surface area contributed by atoms with Gasteiger partial charge < -0.3 is 0 Å². The molecule has 2 nitrogen and oxygen atoms in total. The molecule has 86 valence electrons. The highest BCUT2D eigenvalue weighted by molar-refractivity contribution is 5.34. The fraction of sp³-hybridized carbons (Fsp3) is 0.571. The van der Waals surface area contributed by atoms with Gasteiger partial charge >= 0.3 is 0 Å². The number of hydrogen-bond donors (Lipinski definition) is 2. The third kappa shape index (κ3) is 1.48. The van der Waals surface area contributed by atoms with Crippen LogP contribution in [0.5, 0.6) is 0 Å². The van der Waals surface area contributed by atoms with E-state index in [4.69, 9.17) is 5.84 Å². The van der Waals surface area contributed by atoms with E-state index in [1.165, 1.54) is 37.7 Å². The minimum atomic E-state index is 0.348. The number of hydrogen-bond acceptors (Lipinski definition) is 2. The second-order valence-corrected chi connectivity index (χ2v) is 5.36. The normalized spacial score (nSPS) is 24.8. The van der Waals surface area contributed by atoms with Crippen molar-refractivity contribution in [1.29, 1.82) is 0 Å². The van der Waals surface area contributed by atoms with Gasteiger partial charge in [0.1, 0.15) is 0 Å². The Balaban J connectivity index is 1.86. The molecule has 2 aliphatic rings. The second-order valence-electron chi connectivity index (χ2n) is 5.36. The van der Waals surface area contributed by atoms with Crippen LogP contribution in [0.1, 0.15) is 37.7 Å². The molecule has 1 aromatic carbocycles. The Morgan fingerprint density at radius 2 is 1.88 bits per heavy atom. The lowest BCUT2D eigenvalue weighted by atomic mass is 9.71. The van der Waals surface area contributed by atoms with Crippen LogP contribution in [0.3, 0.4) is 0 Å². The molecule has 0 radical (unpaired) electrons. The van der Waals surface area contributed by atoms with Crippen LogP contribution in [0.2, 0.25) is 0 Å². The molecule has 0 aromatic heterocycles. The molecule has 1 atom stereocenters. The average Bonchev–Trinajstić information content (AvgIpc) is 3.05. The molecule has 2 aliphatic carbocycles. The predicted molar refractivity (Wildman–Crippen MR) is 65.8 cm³/mol. The molecule has 0 bridgehead atoms. The van der Waals surface area contributed by atoms with Crippen molar-refractivity contribution in [3.05, 3.63) is 35.9 Å². The van der Waals surface area contributed by atoms with Gasteiger partial charge in [-0.1, -0.05) is 36.8 Å². The highest BCUT2D eigenvalue weighted by atomic mass is 15.2. The van der Waals surface area contributed by atoms with Crippen LogP contribution in [-0.2, 0) is 5.41 Å². The van der Waals surface area contributed by atoms with E-state index in [2.05, 4.69) is 35.8 Å². The zero-order valence-electron chi connectivity index (χ0n) is 9.65. The standard InChI is InChI=1S/C14H20N2/c15-16-13(11-5-4-6-11)14(9-10-14)12-7-2-1-3-8-12/h1-3,7-8,11,13,16H,4-6,9-10,15H2. The summed E-state index contributed by atoms with van der Waals surface area (Å²) in [6, 6.07) is 11.4. The van der Waals surface area contributed by atoms with E-state index in [-0.39, 0.29) is 0 Å². The van der Waals surface area contributed by atoms with E-state index in [1.807, 2.05) is 0 Å². The van der Waals surface area contributed by atoms with Gasteiger partial charge in [0.2, 0.25) is 0 Å². The van der Waals surface area contributed by atoms with Crippen molar-refractivity contribution in [2.75, 3.05) is 0 Å². The summed E-state index contributed by atoms with van der Waals surface area (Å²) in [7, 11) is 0. The molecule has 2 heteroatoms. The molecule has 0 heterocycles. The summed E-state index contributed by atoms with van der Waals surface area (Å²) in [5.74, 6) is 6.60. The third-order valence-corrected chi connectivity index (χ3v) is 4.53. The van der Waals surface area contributed by atoms with E-state index in [1.54, 1.807) is 0 Å². The lowest BCUT2D eigenvalue weighted by Gasteiger charge is -2.39. The summed E-state index contributed by atoms with van der Waals surface area (Å²) in [4.78, 5) is 0. The average molecular weight is 216 g/mol. The topological polar surface area (TPSA) is 38.0 Å². The molecule has 3 N–H and O–H groups in total. The fourth-order valence-corrected chi connectivity index (χ4v) is 3.20. The van der Waals surface area contributed by atoms with Crippen LogP contribution in [-0.4, -0.2) is 6.04 Å². The monoisotopic (exact) mass is 216 g/mol. The number of benzene rings is 1. The zero-order chi connectivity index (χ0) is 11.0. The fourth-order valence-electron chi connectivity index (χ4n) is 3.20. The SMILES string of the molecule is NNC(C1CCC1)C1(c2ccccc2)CC1. The summed E-state index contributed by atoms with van der Waals surface area (Å²) < 4.78 is 0. The zero-order valence-corrected chi connectivity index (χ0v) is 9.65. The van der Waals surface area contributed by atoms with E-state index in [0.29, 0.717) is 11.5 Å². The molecule has 2 fully saturated rings. The summed E-state index contributed by atoms with van der Waals surface area (Å²) in [6.45, 7) is 0. The number of nitrogens with two attached hydrogens (primary N) is 1. The molecule has 2 saturated carbocycles. The maximum Gasteiger partial charge on any atom is 0.0335 e. The van der Waals surface area contributed by atoms with Crippen LogP contribution in [0, 0.1) is 5.92 Å². The number of hydrazine groups is 1. The molecular weight excluding hydrogens is 196 g/mol. The summed E-state index contributed by atoms with van der Waals surface area (Å²) in [6.07, 6.45) is 6.67. The van der Waals surface area contributed by atoms with Crippen molar-refractivity contribution >= 4 is 0 Å². The van der Waals surface area contributed by atoms with Crippen LogP contribution < -0.4 is 11.3 Å². The molecule has 0 aliphatic heterocycles. The van der Waals surface area contributed by atoms with Crippen molar-refractivity contribution in [3.63, 3.8) is 0 Å². The van der Waals surface area contributed by atoms with Crippen LogP contribution in [0.25, 0.3) is 0 Å². The molecule has 16 heavy (non-hydrogen) atoms. The molecule has 0 saturated heterocycles. The molecule has 1 aromatic rings. The molecule has 0 spiro atoms. The van der Waals surface area contributed by atoms with Gasteiger partial charge in [-0.05, 0) is 37.2 Å². The van der Waals surface area contributed by atoms with Gasteiger partial charge in [0.15, 0.2) is 0 Å². The van der Waals surface area contributed by atoms with Crippen LogP contribution in [0.4, 0.5) is 0 Å². The quantitative estimate of drug-likeness (QED) is 0.599. The van der Waals surface area contributed by atoms with E-state index in [0.717, 1.165) is 5.92 Å². The van der Waals surface area contributed by atoms with Crippen molar-refractivity contribution in [2.45, 2.75) is 43.6 Å². The lowest BCUT2D eigenvalue weighted by molar-refractivity contribution is 0.194. The summed E-state index contributed by atoms with van der Waals surface area (Å²) in [5.41, 5.74) is 4.93. The Morgan fingerprint density at radius 1 is 1.19 bits per heavy atom. The second kappa shape index (κ2) is 3.86. The molecular formula is C14H20N2. The highest BCUT2D eigenvalue weighted by Gasteiger charge is 2.53. The number of rotatable bonds is 4. The maximum atomic E-state index is 5.80. The first-order chi connectivity index (χ1) is 7.87. The smallest absolute Gasteiger partial charge is 0.0335 e. The van der Waals surface area contributed by atoms with Gasteiger partial charge in [0, 0.05) is 11.5 Å². The highest BCUT2D eigenvalue weighted by Crippen LogP contribution is 2.54. The van der Waals surface area contributed by atoms with Gasteiger partial charge in [-0.25, -0.2) is 0 Å². The van der Waals surface area contributed by atoms with E-state index < -0.39 is 0 Å². The largest absolute Gasteiger partial charge is 0.271 e. The molecule has 0 amide bonds. The minimum Gasteiger partial charge on any atom is -0.271 e. The Bertz CT molecular complexity index is 352. The van der Waals surface area contributed by atoms with E-state index >= 15 is 0 Å². The van der Waals surface area contributed by atoms with Gasteiger partial charge in [-0.2, -0.15) is 0 Å². The molecule has 3 rings (SSSR count). The van der Waals surface area contributed by atoms with E-state index in [9.17, 15) is 0 Å². The first kappa shape index (κ1) is 10.3. The predicted octanol–water partition coefficient (Wildman–Crippen LogP) is 2.35. The van der Waals surface area contributed by atoms with Gasteiger partial charge in [0.05, 0.1) is 0 Å². The van der Waals surface area contributed by atoms with Crippen molar-refractivity contribution in [2.24, 2.45) is 11.8 Å². The molecule has 1 unspecified atom stereocenters. The Kier molecular flexibility index (Phi) is 2.49. The minimum absolute atomic E-state index is 0.348. The van der Waals surface area contributed by atoms with Crippen molar-refractivity contribution < 1.29 is 0 Å². The first-order valence-corrected chi connectivity index (χ1v) is 6.38. The Hall–Kier alpha value is -0.860.